The van der Waals surface area contributed by atoms with Crippen LogP contribution < -0.4 is 0 Å². The summed E-state index contributed by atoms with van der Waals surface area (Å²) in [5.41, 5.74) is 0. The maximum Gasteiger partial charge on any atom is 0.327 e. The van der Waals surface area contributed by atoms with Crippen LogP contribution in [0, 0.1) is 0 Å². The van der Waals surface area contributed by atoms with Gasteiger partial charge < -0.3 is 9.42 Å². The molecule has 0 aromatic rings. The molecule has 3 nitrogen and oxygen atoms in total. The first-order chi connectivity index (χ1) is 5.12. The summed E-state index contributed by atoms with van der Waals surface area (Å²) in [4.78, 5) is 8.96. The fourth-order valence-corrected chi connectivity index (χ4v) is 1.25. The third-order valence-corrected chi connectivity index (χ3v) is 2.83. The van der Waals surface area contributed by atoms with Crippen molar-refractivity contribution >= 4 is 7.60 Å². The van der Waals surface area contributed by atoms with Crippen LogP contribution in [0.5, 0.6) is 0 Å². The Morgan fingerprint density at radius 3 is 2.33 bits per heavy atom. The van der Waals surface area contributed by atoms with Gasteiger partial charge in [0, 0.05) is 25.6 Å². The molecule has 0 radical (unpaired) electrons. The molecule has 0 bridgehead atoms. The van der Waals surface area contributed by atoms with E-state index in [-0.39, 0.29) is 25.6 Å². The van der Waals surface area contributed by atoms with Gasteiger partial charge in [0.25, 0.3) is 0 Å². The minimum atomic E-state index is -3.21. The summed E-state index contributed by atoms with van der Waals surface area (Å²) >= 11 is 0. The van der Waals surface area contributed by atoms with Gasteiger partial charge in [-0.2, -0.15) is 0 Å². The fraction of sp³-hybridized carbons (Fsp3) is 1.00. The van der Waals surface area contributed by atoms with Crippen molar-refractivity contribution in [2.75, 3.05) is 12.8 Å². The van der Waals surface area contributed by atoms with Gasteiger partial charge in [0.1, 0.15) is 0 Å². The summed E-state index contributed by atoms with van der Waals surface area (Å²) in [6, 6.07) is 0. The number of hydrogen-bond acceptors (Lipinski definition) is 2. The van der Waals surface area contributed by atoms with E-state index in [1.165, 1.54) is 0 Å². The predicted molar refractivity (Wildman–Crippen MR) is 45.8 cm³/mol. The molecule has 5 heteroatoms. The monoisotopic (exact) mass is 244 g/mol. The zero-order chi connectivity index (χ0) is 8.74. The van der Waals surface area contributed by atoms with Gasteiger partial charge >= 0.3 is 7.60 Å². The quantitative estimate of drug-likeness (QED) is 0.444. The number of rotatable bonds is 6. The van der Waals surface area contributed by atoms with E-state index in [1.54, 1.807) is 6.92 Å². The van der Waals surface area contributed by atoms with Gasteiger partial charge in [0.2, 0.25) is 0 Å². The second kappa shape index (κ2) is 8.38. The summed E-state index contributed by atoms with van der Waals surface area (Å²) in [6.45, 7) is 4.15. The van der Waals surface area contributed by atoms with Gasteiger partial charge in [-0.3, -0.25) is 4.57 Å². The van der Waals surface area contributed by atoms with Crippen LogP contribution in [0.1, 0.15) is 33.1 Å². The molecule has 0 aliphatic heterocycles. The van der Waals surface area contributed by atoms with Crippen LogP contribution in [-0.4, -0.2) is 17.7 Å². The fourth-order valence-electron chi connectivity index (χ4n) is 0.651. The molecular formula is C7H17O3PZn. The topological polar surface area (TPSA) is 46.5 Å². The van der Waals surface area contributed by atoms with Crippen molar-refractivity contribution in [1.29, 1.82) is 0 Å². The van der Waals surface area contributed by atoms with Crippen molar-refractivity contribution in [1.82, 2.24) is 0 Å². The molecule has 0 aliphatic rings. The molecule has 70 valence electrons. The molecular weight excluding hydrogens is 228 g/mol. The van der Waals surface area contributed by atoms with Gasteiger partial charge in [0.05, 0.1) is 6.61 Å². The van der Waals surface area contributed by atoms with Crippen molar-refractivity contribution in [2.45, 2.75) is 33.1 Å². The summed E-state index contributed by atoms with van der Waals surface area (Å²) in [5.74, 6) is 0. The Labute approximate surface area is 87.2 Å². The van der Waals surface area contributed by atoms with Gasteiger partial charge in [-0.25, -0.2) is 0 Å². The van der Waals surface area contributed by atoms with E-state index in [0.29, 0.717) is 6.61 Å². The average Bonchev–Trinajstić information content (AvgIpc) is 1.99. The van der Waals surface area contributed by atoms with E-state index in [4.69, 9.17) is 9.42 Å². The Hall–Kier alpha value is 0.773. The Balaban J connectivity index is 0. The van der Waals surface area contributed by atoms with Crippen molar-refractivity contribution in [2.24, 2.45) is 0 Å². The van der Waals surface area contributed by atoms with E-state index in [2.05, 4.69) is 6.92 Å². The van der Waals surface area contributed by atoms with Gasteiger partial charge in [-0.1, -0.05) is 26.7 Å². The predicted octanol–water partition coefficient (Wildman–Crippen LogP) is 2.40. The van der Waals surface area contributed by atoms with Crippen LogP contribution in [0.2, 0.25) is 0 Å². The van der Waals surface area contributed by atoms with Crippen molar-refractivity contribution in [3.8, 4) is 0 Å². The van der Waals surface area contributed by atoms with Crippen LogP contribution in [0.4, 0.5) is 0 Å². The molecule has 0 saturated carbocycles. The third kappa shape index (κ3) is 8.87. The van der Waals surface area contributed by atoms with Crippen LogP contribution in [-0.2, 0) is 28.6 Å². The first-order valence-corrected chi connectivity index (χ1v) is 5.85. The Bertz CT molecular complexity index is 141. The molecule has 0 rings (SSSR count). The summed E-state index contributed by atoms with van der Waals surface area (Å²) in [6.07, 6.45) is 3.25. The van der Waals surface area contributed by atoms with E-state index in [9.17, 15) is 4.57 Å². The zero-order valence-corrected chi connectivity index (χ0v) is 11.8. The standard InChI is InChI=1S/C7H17O3P.Zn/c1-3-5-6-7-10-11(8,9)4-2;/h3-7H2,1-2H3,(H,8,9);. The Morgan fingerprint density at radius 2 is 1.92 bits per heavy atom. The largest absolute Gasteiger partial charge is 0.327 e. The normalized spacial score (nSPS) is 14.9. The van der Waals surface area contributed by atoms with Crippen molar-refractivity contribution in [3.63, 3.8) is 0 Å². The molecule has 1 unspecified atom stereocenters. The first kappa shape index (κ1) is 15.3. The molecule has 0 aromatic heterocycles. The van der Waals surface area contributed by atoms with Gasteiger partial charge in [-0.15, -0.1) is 0 Å². The minimum absolute atomic E-state index is 0. The van der Waals surface area contributed by atoms with E-state index in [0.717, 1.165) is 19.3 Å². The Kier molecular flexibility index (Phi) is 10.6. The molecule has 0 aliphatic carbocycles. The molecule has 0 heterocycles. The SMILES string of the molecule is CCCCCOP(=O)(O)CC.[Zn]. The molecule has 0 aromatic carbocycles. The van der Waals surface area contributed by atoms with Crippen LogP contribution >= 0.6 is 7.60 Å². The molecule has 0 fully saturated rings. The minimum Gasteiger partial charge on any atom is -0.324 e. The number of unbranched alkanes of at least 4 members (excludes halogenated alkanes) is 2. The first-order valence-electron chi connectivity index (χ1n) is 4.08. The maximum atomic E-state index is 10.9. The third-order valence-electron chi connectivity index (χ3n) is 1.44. The average molecular weight is 246 g/mol. The van der Waals surface area contributed by atoms with E-state index >= 15 is 0 Å². The molecule has 1 atom stereocenters. The van der Waals surface area contributed by atoms with Crippen LogP contribution in [0.25, 0.3) is 0 Å². The Morgan fingerprint density at radius 1 is 1.33 bits per heavy atom. The second-order valence-corrected chi connectivity index (χ2v) is 4.66. The van der Waals surface area contributed by atoms with Crippen molar-refractivity contribution in [3.05, 3.63) is 0 Å². The van der Waals surface area contributed by atoms with Gasteiger partial charge in [-0.05, 0) is 6.42 Å². The molecule has 12 heavy (non-hydrogen) atoms. The summed E-state index contributed by atoms with van der Waals surface area (Å²) < 4.78 is 15.7. The smallest absolute Gasteiger partial charge is 0.324 e. The maximum absolute atomic E-state index is 10.9. The molecule has 0 saturated heterocycles. The van der Waals surface area contributed by atoms with Crippen LogP contribution in [0.15, 0.2) is 0 Å². The zero-order valence-electron chi connectivity index (χ0n) is 7.95. The van der Waals surface area contributed by atoms with E-state index in [1.807, 2.05) is 0 Å². The number of hydrogen-bond donors (Lipinski definition) is 1. The molecule has 0 amide bonds. The molecule has 1 N–H and O–H groups in total. The molecule has 0 spiro atoms. The van der Waals surface area contributed by atoms with Gasteiger partial charge in [0.15, 0.2) is 0 Å². The van der Waals surface area contributed by atoms with Crippen molar-refractivity contribution < 1.29 is 33.5 Å². The second-order valence-electron chi connectivity index (χ2n) is 2.49. The van der Waals surface area contributed by atoms with E-state index < -0.39 is 7.60 Å². The summed E-state index contributed by atoms with van der Waals surface area (Å²) in [7, 11) is -3.21. The summed E-state index contributed by atoms with van der Waals surface area (Å²) in [5, 5.41) is 0. The van der Waals surface area contributed by atoms with Crippen LogP contribution in [0.3, 0.4) is 0 Å².